The lowest BCUT2D eigenvalue weighted by Crippen LogP contribution is -2.25. The molecule has 0 saturated heterocycles. The fourth-order valence-electron chi connectivity index (χ4n) is 2.11. The van der Waals surface area contributed by atoms with Gasteiger partial charge >= 0.3 is 0 Å². The number of hydrogen-bond acceptors (Lipinski definition) is 3. The van der Waals surface area contributed by atoms with Crippen LogP contribution < -0.4 is 14.8 Å². The second-order valence-corrected chi connectivity index (χ2v) is 5.73. The number of benzene rings is 1. The smallest absolute Gasteiger partial charge is 0.163 e. The Balaban J connectivity index is 2.22. The Morgan fingerprint density at radius 1 is 1.22 bits per heavy atom. The minimum Gasteiger partial charge on any atom is -0.486 e. The van der Waals surface area contributed by atoms with Gasteiger partial charge in [0.2, 0.25) is 0 Å². The van der Waals surface area contributed by atoms with E-state index in [0.29, 0.717) is 25.2 Å². The van der Waals surface area contributed by atoms with Crippen LogP contribution in [-0.4, -0.2) is 19.3 Å². The summed E-state index contributed by atoms with van der Waals surface area (Å²) in [6, 6.07) is 4.46. The van der Waals surface area contributed by atoms with Crippen LogP contribution in [0.1, 0.15) is 27.2 Å². The van der Waals surface area contributed by atoms with Crippen LogP contribution in [0.3, 0.4) is 0 Å². The van der Waals surface area contributed by atoms with Gasteiger partial charge in [-0.15, -0.1) is 0 Å². The Labute approximate surface area is 117 Å². The van der Waals surface area contributed by atoms with Gasteiger partial charge in [0.15, 0.2) is 11.5 Å². The molecular formula is C14H20BrNO2. The standard InChI is InChI=1S/C14H20BrNO2/c1-4-11(9(2)3)16-12-8-14-13(7-10(12)15)17-5-6-18-14/h7-9,11,16H,4-6H2,1-3H3. The van der Waals surface area contributed by atoms with E-state index in [1.807, 2.05) is 12.1 Å². The maximum Gasteiger partial charge on any atom is 0.163 e. The molecule has 4 heteroatoms. The number of hydrogen-bond donors (Lipinski definition) is 1. The fourth-order valence-corrected chi connectivity index (χ4v) is 2.55. The van der Waals surface area contributed by atoms with Crippen LogP contribution in [0.4, 0.5) is 5.69 Å². The molecule has 1 unspecified atom stereocenters. The molecule has 0 aliphatic carbocycles. The first kappa shape index (κ1) is 13.5. The zero-order chi connectivity index (χ0) is 13.1. The van der Waals surface area contributed by atoms with E-state index in [0.717, 1.165) is 28.1 Å². The van der Waals surface area contributed by atoms with Crippen molar-refractivity contribution >= 4 is 21.6 Å². The Morgan fingerprint density at radius 3 is 2.39 bits per heavy atom. The summed E-state index contributed by atoms with van der Waals surface area (Å²) in [7, 11) is 0. The summed E-state index contributed by atoms with van der Waals surface area (Å²) in [6.07, 6.45) is 1.10. The summed E-state index contributed by atoms with van der Waals surface area (Å²) in [6.45, 7) is 7.90. The van der Waals surface area contributed by atoms with Gasteiger partial charge in [0.05, 0.1) is 5.69 Å². The Morgan fingerprint density at radius 2 is 1.83 bits per heavy atom. The first-order valence-electron chi connectivity index (χ1n) is 6.47. The molecule has 1 heterocycles. The number of nitrogens with one attached hydrogen (secondary N) is 1. The van der Waals surface area contributed by atoms with E-state index in [4.69, 9.17) is 9.47 Å². The second-order valence-electron chi connectivity index (χ2n) is 4.88. The van der Waals surface area contributed by atoms with Gasteiger partial charge in [0.25, 0.3) is 0 Å². The number of rotatable bonds is 4. The molecule has 0 saturated carbocycles. The molecule has 2 rings (SSSR count). The van der Waals surface area contributed by atoms with Crippen LogP contribution >= 0.6 is 15.9 Å². The van der Waals surface area contributed by atoms with E-state index < -0.39 is 0 Å². The average molecular weight is 314 g/mol. The summed E-state index contributed by atoms with van der Waals surface area (Å²) in [5, 5.41) is 3.56. The van der Waals surface area contributed by atoms with E-state index in [1.165, 1.54) is 0 Å². The molecule has 100 valence electrons. The summed E-state index contributed by atoms with van der Waals surface area (Å²) in [5.41, 5.74) is 1.07. The van der Waals surface area contributed by atoms with E-state index >= 15 is 0 Å². The van der Waals surface area contributed by atoms with Gasteiger partial charge in [0.1, 0.15) is 13.2 Å². The molecule has 1 aromatic rings. The minimum atomic E-state index is 0.462. The van der Waals surface area contributed by atoms with Crippen LogP contribution in [0.2, 0.25) is 0 Å². The molecule has 1 aromatic carbocycles. The molecule has 1 aliphatic heterocycles. The van der Waals surface area contributed by atoms with Crippen LogP contribution in [0.5, 0.6) is 11.5 Å². The first-order valence-corrected chi connectivity index (χ1v) is 7.26. The van der Waals surface area contributed by atoms with Crippen molar-refractivity contribution in [1.29, 1.82) is 0 Å². The molecule has 3 nitrogen and oxygen atoms in total. The number of anilines is 1. The van der Waals surface area contributed by atoms with Gasteiger partial charge in [0, 0.05) is 22.6 Å². The number of fused-ring (bicyclic) bond motifs is 1. The lowest BCUT2D eigenvalue weighted by Gasteiger charge is -2.25. The monoisotopic (exact) mass is 313 g/mol. The first-order chi connectivity index (χ1) is 8.61. The van der Waals surface area contributed by atoms with Gasteiger partial charge < -0.3 is 14.8 Å². The molecule has 0 amide bonds. The maximum atomic E-state index is 5.61. The Hall–Kier alpha value is -0.900. The summed E-state index contributed by atoms with van der Waals surface area (Å²) in [5.74, 6) is 2.23. The topological polar surface area (TPSA) is 30.5 Å². The molecule has 18 heavy (non-hydrogen) atoms. The quantitative estimate of drug-likeness (QED) is 0.909. The van der Waals surface area contributed by atoms with Crippen LogP contribution in [0.15, 0.2) is 16.6 Å². The number of halogens is 1. The van der Waals surface area contributed by atoms with Crippen LogP contribution in [0, 0.1) is 5.92 Å². The van der Waals surface area contributed by atoms with Gasteiger partial charge in [-0.25, -0.2) is 0 Å². The largest absolute Gasteiger partial charge is 0.486 e. The molecule has 0 spiro atoms. The summed E-state index contributed by atoms with van der Waals surface area (Å²) in [4.78, 5) is 0. The van der Waals surface area contributed by atoms with Gasteiger partial charge in [-0.3, -0.25) is 0 Å². The molecule has 1 atom stereocenters. The summed E-state index contributed by atoms with van der Waals surface area (Å²) < 4.78 is 12.2. The highest BCUT2D eigenvalue weighted by Crippen LogP contribution is 2.38. The SMILES string of the molecule is CCC(Nc1cc2c(cc1Br)OCCO2)C(C)C. The van der Waals surface area contributed by atoms with Crippen molar-refractivity contribution in [1.82, 2.24) is 0 Å². The lowest BCUT2D eigenvalue weighted by atomic mass is 10.0. The van der Waals surface area contributed by atoms with Crippen molar-refractivity contribution in [3.05, 3.63) is 16.6 Å². The zero-order valence-corrected chi connectivity index (χ0v) is 12.7. The van der Waals surface area contributed by atoms with E-state index in [9.17, 15) is 0 Å². The zero-order valence-electron chi connectivity index (χ0n) is 11.1. The highest BCUT2D eigenvalue weighted by molar-refractivity contribution is 9.10. The maximum absolute atomic E-state index is 5.61. The lowest BCUT2D eigenvalue weighted by molar-refractivity contribution is 0.171. The van der Waals surface area contributed by atoms with Crippen molar-refractivity contribution in [3.63, 3.8) is 0 Å². The third-order valence-electron chi connectivity index (χ3n) is 3.22. The highest BCUT2D eigenvalue weighted by Gasteiger charge is 2.17. The van der Waals surface area contributed by atoms with Crippen molar-refractivity contribution in [2.45, 2.75) is 33.2 Å². The van der Waals surface area contributed by atoms with Crippen molar-refractivity contribution in [2.75, 3.05) is 18.5 Å². The normalized spacial score (nSPS) is 15.6. The fraction of sp³-hybridized carbons (Fsp3) is 0.571. The molecule has 1 N–H and O–H groups in total. The predicted molar refractivity (Wildman–Crippen MR) is 77.7 cm³/mol. The van der Waals surface area contributed by atoms with Gasteiger partial charge in [-0.05, 0) is 28.3 Å². The highest BCUT2D eigenvalue weighted by atomic mass is 79.9. The molecule has 0 radical (unpaired) electrons. The third-order valence-corrected chi connectivity index (χ3v) is 3.87. The summed E-state index contributed by atoms with van der Waals surface area (Å²) >= 11 is 3.58. The Bertz CT molecular complexity index is 421. The average Bonchev–Trinajstić information content (AvgIpc) is 2.35. The van der Waals surface area contributed by atoms with E-state index in [2.05, 4.69) is 42.0 Å². The van der Waals surface area contributed by atoms with E-state index in [-0.39, 0.29) is 0 Å². The predicted octanol–water partition coefficient (Wildman–Crippen LogP) is 4.07. The molecule has 0 aromatic heterocycles. The number of ether oxygens (including phenoxy) is 2. The Kier molecular flexibility index (Phi) is 4.38. The molecule has 0 fully saturated rings. The van der Waals surface area contributed by atoms with E-state index in [1.54, 1.807) is 0 Å². The van der Waals surface area contributed by atoms with Crippen molar-refractivity contribution < 1.29 is 9.47 Å². The minimum absolute atomic E-state index is 0.462. The van der Waals surface area contributed by atoms with Crippen LogP contribution in [0.25, 0.3) is 0 Å². The van der Waals surface area contributed by atoms with Crippen molar-refractivity contribution in [2.24, 2.45) is 5.92 Å². The van der Waals surface area contributed by atoms with Gasteiger partial charge in [-0.1, -0.05) is 20.8 Å². The molecule has 1 aliphatic rings. The van der Waals surface area contributed by atoms with Crippen LogP contribution in [-0.2, 0) is 0 Å². The third kappa shape index (κ3) is 2.91. The second kappa shape index (κ2) is 5.83. The molecule has 0 bridgehead atoms. The molecular weight excluding hydrogens is 294 g/mol. The van der Waals surface area contributed by atoms with Crippen molar-refractivity contribution in [3.8, 4) is 11.5 Å². The van der Waals surface area contributed by atoms with Gasteiger partial charge in [-0.2, -0.15) is 0 Å².